The Kier molecular flexibility index (Phi) is 10.5. The molecule has 2 fully saturated rings. The molecule has 49 heavy (non-hydrogen) atoms. The van der Waals surface area contributed by atoms with Gasteiger partial charge in [0.2, 0.25) is 0 Å². The van der Waals surface area contributed by atoms with Gasteiger partial charge in [0.05, 0.1) is 30.8 Å². The second kappa shape index (κ2) is 15.1. The Morgan fingerprint density at radius 1 is 0.816 bits per heavy atom. The van der Waals surface area contributed by atoms with Crippen molar-refractivity contribution in [3.8, 4) is 22.5 Å². The number of para-hydroxylation sites is 2. The van der Waals surface area contributed by atoms with Gasteiger partial charge in [-0.3, -0.25) is 14.4 Å². The van der Waals surface area contributed by atoms with Gasteiger partial charge < -0.3 is 14.8 Å². The summed E-state index contributed by atoms with van der Waals surface area (Å²) in [4.78, 5) is 34.4. The van der Waals surface area contributed by atoms with Crippen LogP contribution in [0.1, 0.15) is 30.3 Å². The fourth-order valence-corrected chi connectivity index (χ4v) is 6.18. The average Bonchev–Trinajstić information content (AvgIpc) is 3.45. The van der Waals surface area contributed by atoms with Crippen molar-refractivity contribution in [1.29, 1.82) is 0 Å². The zero-order chi connectivity index (χ0) is 34.4. The van der Waals surface area contributed by atoms with Gasteiger partial charge in [0.1, 0.15) is 11.4 Å². The minimum absolute atomic E-state index is 0.00701. The summed E-state index contributed by atoms with van der Waals surface area (Å²) < 4.78 is 39.2. The molecule has 2 aliphatic heterocycles. The first-order valence-electron chi connectivity index (χ1n) is 16.1. The number of alkyl halides is 3. The van der Waals surface area contributed by atoms with Gasteiger partial charge in [0, 0.05) is 49.9 Å². The number of aromatic nitrogens is 5. The Hall–Kier alpha value is -4.92. The number of ether oxygens (including phenoxy) is 1. The number of nitrogens with zero attached hydrogens (tertiary/aromatic N) is 6. The maximum Gasteiger partial charge on any atom is 0.490 e. The van der Waals surface area contributed by atoms with Crippen LogP contribution in [0.2, 0.25) is 0 Å². The number of benzene rings is 3. The number of H-pyrrole nitrogens is 1. The smallest absolute Gasteiger partial charge is 0.475 e. The van der Waals surface area contributed by atoms with Crippen LogP contribution in [0.25, 0.3) is 33.5 Å². The zero-order valence-corrected chi connectivity index (χ0v) is 26.6. The molecule has 7 rings (SSSR count). The molecule has 256 valence electrons. The summed E-state index contributed by atoms with van der Waals surface area (Å²) in [6.07, 6.45) is -3.17. The van der Waals surface area contributed by atoms with Crippen molar-refractivity contribution in [3.05, 3.63) is 101 Å². The van der Waals surface area contributed by atoms with Crippen molar-refractivity contribution >= 4 is 17.0 Å². The molecule has 0 saturated carbocycles. The minimum atomic E-state index is -5.08. The number of hydrogen-bond acceptors (Lipinski definition) is 8. The highest BCUT2D eigenvalue weighted by molar-refractivity contribution is 5.77. The standard InChI is InChI=1S/C33H35N7O2.C2HF3O2/c41-33-34-28-8-4-5-9-29(28)40(33)27-14-16-38(17-15-27)22-24-10-12-26(13-11-24)31-32(25-6-2-1-3-7-25)37-36-30(35-31)23-39-18-20-42-21-19-39;3-2(4,5)1(6)7/h1-13,27H,14-23H2,(H,34,41);(H,6,7). The van der Waals surface area contributed by atoms with Crippen LogP contribution >= 0.6 is 0 Å². The van der Waals surface area contributed by atoms with Crippen molar-refractivity contribution in [3.63, 3.8) is 0 Å². The first-order valence-corrected chi connectivity index (χ1v) is 16.1. The van der Waals surface area contributed by atoms with Crippen molar-refractivity contribution in [2.75, 3.05) is 39.4 Å². The summed E-state index contributed by atoms with van der Waals surface area (Å²) in [6.45, 7) is 6.69. The van der Waals surface area contributed by atoms with Crippen molar-refractivity contribution < 1.29 is 27.8 Å². The molecule has 4 heterocycles. The summed E-state index contributed by atoms with van der Waals surface area (Å²) in [5.74, 6) is -2.03. The van der Waals surface area contributed by atoms with Crippen LogP contribution in [-0.2, 0) is 22.6 Å². The third-order valence-electron chi connectivity index (χ3n) is 8.67. The van der Waals surface area contributed by atoms with Gasteiger partial charge in [-0.15, -0.1) is 10.2 Å². The Morgan fingerprint density at radius 3 is 2.10 bits per heavy atom. The molecule has 2 aliphatic rings. The van der Waals surface area contributed by atoms with Crippen molar-refractivity contribution in [1.82, 2.24) is 34.5 Å². The molecule has 0 atom stereocenters. The van der Waals surface area contributed by atoms with Crippen LogP contribution in [0.3, 0.4) is 0 Å². The SMILES string of the molecule is O=C(O)C(F)(F)F.O=c1[nH]c2ccccc2n1C1CCN(Cc2ccc(-c3nc(CN4CCOCC4)nnc3-c3ccccc3)cc2)CC1. The summed E-state index contributed by atoms with van der Waals surface area (Å²) >= 11 is 0. The highest BCUT2D eigenvalue weighted by Gasteiger charge is 2.38. The Balaban J connectivity index is 0.000000540. The van der Waals surface area contributed by atoms with Crippen LogP contribution in [0.5, 0.6) is 0 Å². The maximum atomic E-state index is 12.7. The number of imidazole rings is 1. The summed E-state index contributed by atoms with van der Waals surface area (Å²) in [6, 6.07) is 27.0. The van der Waals surface area contributed by atoms with Gasteiger partial charge in [-0.05, 0) is 30.5 Å². The predicted molar refractivity (Wildman–Crippen MR) is 177 cm³/mol. The van der Waals surface area contributed by atoms with Gasteiger partial charge >= 0.3 is 17.8 Å². The number of likely N-dealkylation sites (tertiary alicyclic amines) is 1. The van der Waals surface area contributed by atoms with E-state index in [1.807, 2.05) is 47.0 Å². The van der Waals surface area contributed by atoms with Crippen LogP contribution in [0.4, 0.5) is 13.2 Å². The van der Waals surface area contributed by atoms with Crippen LogP contribution < -0.4 is 5.69 Å². The molecule has 5 aromatic rings. The molecule has 0 aliphatic carbocycles. The van der Waals surface area contributed by atoms with Crippen LogP contribution in [-0.4, -0.2) is 91.2 Å². The van der Waals surface area contributed by atoms with E-state index in [0.717, 1.165) is 98.2 Å². The van der Waals surface area contributed by atoms with E-state index >= 15 is 0 Å². The predicted octanol–water partition coefficient (Wildman–Crippen LogP) is 5.15. The highest BCUT2D eigenvalue weighted by Crippen LogP contribution is 2.30. The largest absolute Gasteiger partial charge is 0.490 e. The minimum Gasteiger partial charge on any atom is -0.475 e. The fourth-order valence-electron chi connectivity index (χ4n) is 6.18. The third-order valence-corrected chi connectivity index (χ3v) is 8.67. The zero-order valence-electron chi connectivity index (χ0n) is 26.6. The van der Waals surface area contributed by atoms with Gasteiger partial charge in [-0.2, -0.15) is 13.2 Å². The lowest BCUT2D eigenvalue weighted by Crippen LogP contribution is -2.36. The molecule has 2 saturated heterocycles. The van der Waals surface area contributed by atoms with Crippen molar-refractivity contribution in [2.45, 2.75) is 38.1 Å². The Morgan fingerprint density at radius 2 is 1.43 bits per heavy atom. The number of aromatic amines is 1. The van der Waals surface area contributed by atoms with E-state index < -0.39 is 12.1 Å². The van der Waals surface area contributed by atoms with E-state index in [2.05, 4.69) is 61.4 Å². The maximum absolute atomic E-state index is 12.7. The topological polar surface area (TPSA) is 129 Å². The highest BCUT2D eigenvalue weighted by atomic mass is 19.4. The molecule has 0 amide bonds. The lowest BCUT2D eigenvalue weighted by atomic mass is 10.0. The molecule has 0 spiro atoms. The normalized spacial score (nSPS) is 16.3. The lowest BCUT2D eigenvalue weighted by Gasteiger charge is -2.32. The number of nitrogens with one attached hydrogen (secondary N) is 1. The van der Waals surface area contributed by atoms with E-state index in [4.69, 9.17) is 19.6 Å². The van der Waals surface area contributed by atoms with Crippen molar-refractivity contribution in [2.24, 2.45) is 0 Å². The molecule has 0 unspecified atom stereocenters. The van der Waals surface area contributed by atoms with Gasteiger partial charge in [0.15, 0.2) is 5.82 Å². The monoisotopic (exact) mass is 675 g/mol. The molecular weight excluding hydrogens is 639 g/mol. The number of rotatable bonds is 7. The van der Waals surface area contributed by atoms with Gasteiger partial charge in [-0.1, -0.05) is 66.7 Å². The number of carboxylic acid groups (broad SMARTS) is 1. The van der Waals surface area contributed by atoms with Crippen LogP contribution in [0, 0.1) is 0 Å². The molecule has 3 aromatic carbocycles. The molecule has 0 bridgehead atoms. The van der Waals surface area contributed by atoms with E-state index in [1.165, 1.54) is 5.56 Å². The molecule has 11 nitrogen and oxygen atoms in total. The summed E-state index contributed by atoms with van der Waals surface area (Å²) in [5, 5.41) is 16.3. The quantitative estimate of drug-likeness (QED) is 0.241. The number of carbonyl (C=O) groups is 1. The molecule has 2 N–H and O–H groups in total. The number of piperidine rings is 1. The number of carboxylic acids is 1. The number of halogens is 3. The molecule has 14 heteroatoms. The first kappa shape index (κ1) is 34.0. The molecular formula is C35H36F3N7O4. The van der Waals surface area contributed by atoms with E-state index in [9.17, 15) is 18.0 Å². The molecule has 2 aromatic heterocycles. The van der Waals surface area contributed by atoms with E-state index in [1.54, 1.807) is 0 Å². The number of aliphatic carboxylic acids is 1. The second-order valence-corrected chi connectivity index (χ2v) is 12.0. The summed E-state index contributed by atoms with van der Waals surface area (Å²) in [5.41, 5.74) is 6.86. The number of morpholine rings is 1. The van der Waals surface area contributed by atoms with E-state index in [0.29, 0.717) is 6.54 Å². The first-order chi connectivity index (χ1) is 23.7. The molecule has 0 radical (unpaired) electrons. The number of fused-ring (bicyclic) bond motifs is 1. The van der Waals surface area contributed by atoms with Gasteiger partial charge in [0.25, 0.3) is 0 Å². The Bertz CT molecular complexity index is 1920. The lowest BCUT2D eigenvalue weighted by molar-refractivity contribution is -0.192. The van der Waals surface area contributed by atoms with Gasteiger partial charge in [-0.25, -0.2) is 14.6 Å². The third kappa shape index (κ3) is 8.39. The van der Waals surface area contributed by atoms with Crippen LogP contribution in [0.15, 0.2) is 83.7 Å². The van der Waals surface area contributed by atoms with E-state index in [-0.39, 0.29) is 11.7 Å². The summed E-state index contributed by atoms with van der Waals surface area (Å²) in [7, 11) is 0. The Labute approximate surface area is 280 Å². The number of hydrogen-bond donors (Lipinski definition) is 2. The fraction of sp³-hybridized carbons (Fsp3) is 0.343. The second-order valence-electron chi connectivity index (χ2n) is 12.0. The average molecular weight is 676 g/mol.